The van der Waals surface area contributed by atoms with E-state index in [1.54, 1.807) is 24.3 Å². The summed E-state index contributed by atoms with van der Waals surface area (Å²) in [7, 11) is -3.77. The van der Waals surface area contributed by atoms with Crippen molar-refractivity contribution in [2.45, 2.75) is 52.7 Å². The van der Waals surface area contributed by atoms with Gasteiger partial charge >= 0.3 is 0 Å². The number of amides is 2. The molecule has 0 radical (unpaired) electrons. The molecule has 0 fully saturated rings. The van der Waals surface area contributed by atoms with Crippen LogP contribution in [-0.2, 0) is 26.2 Å². The number of benzene rings is 2. The van der Waals surface area contributed by atoms with Crippen molar-refractivity contribution in [3.63, 3.8) is 0 Å². The van der Waals surface area contributed by atoms with Gasteiger partial charge in [0, 0.05) is 17.6 Å². The molecular weight excluding hydrogens is 462 g/mol. The van der Waals surface area contributed by atoms with Crippen molar-refractivity contribution in [2.75, 3.05) is 17.1 Å². The van der Waals surface area contributed by atoms with Crippen LogP contribution in [0.3, 0.4) is 0 Å². The number of hydrogen-bond donors (Lipinski definition) is 1. The van der Waals surface area contributed by atoms with Gasteiger partial charge in [-0.1, -0.05) is 48.4 Å². The Balaban J connectivity index is 2.43. The molecule has 9 heteroatoms. The van der Waals surface area contributed by atoms with Gasteiger partial charge in [0.25, 0.3) is 0 Å². The normalized spacial score (nSPS) is 12.3. The van der Waals surface area contributed by atoms with E-state index < -0.39 is 28.5 Å². The summed E-state index contributed by atoms with van der Waals surface area (Å²) in [6.45, 7) is 7.23. The van der Waals surface area contributed by atoms with Crippen LogP contribution in [0.25, 0.3) is 0 Å². The van der Waals surface area contributed by atoms with Gasteiger partial charge in [-0.25, -0.2) is 8.42 Å². The lowest BCUT2D eigenvalue weighted by Gasteiger charge is -2.33. The number of nitrogens with one attached hydrogen (secondary N) is 1. The third kappa shape index (κ3) is 7.75. The van der Waals surface area contributed by atoms with Crippen LogP contribution in [0.4, 0.5) is 5.69 Å². The minimum Gasteiger partial charge on any atom is -0.352 e. The molecular formula is C24H32ClN3O4S. The van der Waals surface area contributed by atoms with Gasteiger partial charge in [-0.15, -0.1) is 0 Å². The molecule has 2 aromatic rings. The Morgan fingerprint density at radius 2 is 1.73 bits per heavy atom. The lowest BCUT2D eigenvalue weighted by molar-refractivity contribution is -0.140. The zero-order valence-electron chi connectivity index (χ0n) is 19.7. The second-order valence-corrected chi connectivity index (χ2v) is 10.7. The van der Waals surface area contributed by atoms with Gasteiger partial charge < -0.3 is 10.2 Å². The summed E-state index contributed by atoms with van der Waals surface area (Å²) < 4.78 is 26.1. The van der Waals surface area contributed by atoms with Crippen molar-refractivity contribution in [1.82, 2.24) is 10.2 Å². The molecule has 0 aromatic heterocycles. The molecule has 0 spiro atoms. The average Bonchev–Trinajstić information content (AvgIpc) is 2.71. The van der Waals surface area contributed by atoms with Crippen LogP contribution in [0, 0.1) is 6.92 Å². The summed E-state index contributed by atoms with van der Waals surface area (Å²) in [5.41, 5.74) is 2.21. The van der Waals surface area contributed by atoms with Crippen molar-refractivity contribution in [2.24, 2.45) is 0 Å². The summed E-state index contributed by atoms with van der Waals surface area (Å²) >= 11 is 5.94. The molecule has 0 aliphatic carbocycles. The van der Waals surface area contributed by atoms with E-state index in [9.17, 15) is 18.0 Å². The number of halogens is 1. The van der Waals surface area contributed by atoms with Gasteiger partial charge in [0.05, 0.1) is 11.9 Å². The molecule has 0 heterocycles. The Morgan fingerprint density at radius 3 is 2.24 bits per heavy atom. The number of carbonyl (C=O) groups is 2. The van der Waals surface area contributed by atoms with Gasteiger partial charge in [-0.2, -0.15) is 0 Å². The Hall–Kier alpha value is -2.58. The molecule has 1 N–H and O–H groups in total. The van der Waals surface area contributed by atoms with E-state index in [0.717, 1.165) is 21.7 Å². The number of anilines is 1. The first kappa shape index (κ1) is 26.7. The summed E-state index contributed by atoms with van der Waals surface area (Å²) in [4.78, 5) is 27.9. The Morgan fingerprint density at radius 1 is 1.09 bits per heavy atom. The fraction of sp³-hybridized carbons (Fsp3) is 0.417. The predicted octanol–water partition coefficient (Wildman–Crippen LogP) is 3.75. The molecule has 2 rings (SSSR count). The monoisotopic (exact) mass is 493 g/mol. The molecule has 7 nitrogen and oxygen atoms in total. The van der Waals surface area contributed by atoms with E-state index in [-0.39, 0.29) is 18.5 Å². The average molecular weight is 494 g/mol. The van der Waals surface area contributed by atoms with Gasteiger partial charge in [0.1, 0.15) is 12.6 Å². The van der Waals surface area contributed by atoms with Crippen LogP contribution >= 0.6 is 11.6 Å². The molecule has 0 aliphatic rings. The topological polar surface area (TPSA) is 86.8 Å². The fourth-order valence-corrected chi connectivity index (χ4v) is 4.50. The Kier molecular flexibility index (Phi) is 9.31. The molecule has 2 amide bonds. The highest BCUT2D eigenvalue weighted by Crippen LogP contribution is 2.22. The first-order valence-corrected chi connectivity index (χ1v) is 13.0. The van der Waals surface area contributed by atoms with E-state index in [1.807, 2.05) is 52.0 Å². The molecule has 33 heavy (non-hydrogen) atoms. The number of sulfonamides is 1. The molecule has 0 aliphatic heterocycles. The quantitative estimate of drug-likeness (QED) is 0.546. The minimum absolute atomic E-state index is 0.0935. The van der Waals surface area contributed by atoms with Gasteiger partial charge in [0.2, 0.25) is 21.8 Å². The highest BCUT2D eigenvalue weighted by atomic mass is 35.5. The number of hydrogen-bond acceptors (Lipinski definition) is 4. The van der Waals surface area contributed by atoms with Crippen LogP contribution in [0.2, 0.25) is 5.02 Å². The van der Waals surface area contributed by atoms with E-state index in [2.05, 4.69) is 5.32 Å². The molecule has 0 unspecified atom stereocenters. The van der Waals surface area contributed by atoms with Gasteiger partial charge in [-0.05, 0) is 57.0 Å². The maximum absolute atomic E-state index is 13.5. The third-order valence-corrected chi connectivity index (χ3v) is 6.44. The minimum atomic E-state index is -3.77. The standard InChI is InChI=1S/C24H32ClN3O4S/c1-6-22(24(30)26-17(2)3)27(15-19-9-7-8-18(4)14-19)23(29)16-28(33(5,31)32)21-12-10-20(25)11-13-21/h7-14,17,22H,6,15-16H2,1-5H3,(H,26,30)/t22-/m1/s1. The number of aryl methyl sites for hydroxylation is 1. The zero-order chi connectivity index (χ0) is 24.8. The molecule has 0 saturated carbocycles. The van der Waals surface area contributed by atoms with Crippen LogP contribution in [0.5, 0.6) is 0 Å². The molecule has 2 aromatic carbocycles. The van der Waals surface area contributed by atoms with E-state index in [4.69, 9.17) is 11.6 Å². The number of nitrogens with zero attached hydrogens (tertiary/aromatic N) is 2. The summed E-state index contributed by atoms with van der Waals surface area (Å²) in [6.07, 6.45) is 1.43. The fourth-order valence-electron chi connectivity index (χ4n) is 3.53. The number of rotatable bonds is 10. The zero-order valence-corrected chi connectivity index (χ0v) is 21.3. The van der Waals surface area contributed by atoms with Crippen LogP contribution in [0.15, 0.2) is 48.5 Å². The summed E-state index contributed by atoms with van der Waals surface area (Å²) in [5.74, 6) is -0.742. The van der Waals surface area contributed by atoms with Gasteiger partial charge in [0.15, 0.2) is 0 Å². The lowest BCUT2D eigenvalue weighted by atomic mass is 10.1. The van der Waals surface area contributed by atoms with Crippen LogP contribution < -0.4 is 9.62 Å². The molecule has 0 bridgehead atoms. The Labute approximate surface area is 201 Å². The van der Waals surface area contributed by atoms with Gasteiger partial charge in [-0.3, -0.25) is 13.9 Å². The second-order valence-electron chi connectivity index (χ2n) is 8.34. The van der Waals surface area contributed by atoms with Crippen molar-refractivity contribution in [3.05, 3.63) is 64.7 Å². The molecule has 1 atom stereocenters. The predicted molar refractivity (Wildman–Crippen MR) is 133 cm³/mol. The van der Waals surface area contributed by atoms with Crippen molar-refractivity contribution < 1.29 is 18.0 Å². The van der Waals surface area contributed by atoms with Crippen molar-refractivity contribution in [1.29, 1.82) is 0 Å². The first-order valence-electron chi connectivity index (χ1n) is 10.8. The SMILES string of the molecule is CC[C@H](C(=O)NC(C)C)N(Cc1cccc(C)c1)C(=O)CN(c1ccc(Cl)cc1)S(C)(=O)=O. The summed E-state index contributed by atoms with van der Waals surface area (Å²) in [5, 5.41) is 3.32. The third-order valence-electron chi connectivity index (χ3n) is 5.05. The maximum Gasteiger partial charge on any atom is 0.244 e. The maximum atomic E-state index is 13.5. The first-order chi connectivity index (χ1) is 15.4. The lowest BCUT2D eigenvalue weighted by Crippen LogP contribution is -2.53. The van der Waals surface area contributed by atoms with Crippen molar-refractivity contribution >= 4 is 39.1 Å². The van der Waals surface area contributed by atoms with Crippen LogP contribution in [-0.4, -0.2) is 50.0 Å². The highest BCUT2D eigenvalue weighted by molar-refractivity contribution is 7.92. The number of carbonyl (C=O) groups excluding carboxylic acids is 2. The van der Waals surface area contributed by atoms with E-state index >= 15 is 0 Å². The smallest absolute Gasteiger partial charge is 0.244 e. The molecule has 0 saturated heterocycles. The molecule has 180 valence electrons. The van der Waals surface area contributed by atoms with E-state index in [0.29, 0.717) is 17.1 Å². The second kappa shape index (κ2) is 11.5. The highest BCUT2D eigenvalue weighted by Gasteiger charge is 2.31. The van der Waals surface area contributed by atoms with Crippen LogP contribution in [0.1, 0.15) is 38.3 Å². The summed E-state index contributed by atoms with van der Waals surface area (Å²) in [6, 6.07) is 13.0. The van der Waals surface area contributed by atoms with E-state index in [1.165, 1.54) is 4.90 Å². The van der Waals surface area contributed by atoms with Crippen molar-refractivity contribution in [3.8, 4) is 0 Å². The largest absolute Gasteiger partial charge is 0.352 e. The Bertz CT molecular complexity index is 1070.